The fourth-order valence-electron chi connectivity index (χ4n) is 3.40. The van der Waals surface area contributed by atoms with Crippen LogP contribution in [0.3, 0.4) is 0 Å². The van der Waals surface area contributed by atoms with Crippen LogP contribution in [0.2, 0.25) is 0 Å². The van der Waals surface area contributed by atoms with E-state index in [-0.39, 0.29) is 12.0 Å². The van der Waals surface area contributed by atoms with Crippen molar-refractivity contribution in [3.05, 3.63) is 57.5 Å². The molecule has 0 amide bonds. The summed E-state index contributed by atoms with van der Waals surface area (Å²) in [6.07, 6.45) is 0.185. The summed E-state index contributed by atoms with van der Waals surface area (Å²) in [7, 11) is 1.29. The monoisotopic (exact) mass is 302 g/mol. The van der Waals surface area contributed by atoms with Gasteiger partial charge in [0.2, 0.25) is 0 Å². The summed E-state index contributed by atoms with van der Waals surface area (Å²) in [5.74, 6) is -1.92. The minimum atomic E-state index is -1.31. The number of H-pyrrole nitrogens is 2. The van der Waals surface area contributed by atoms with Crippen LogP contribution in [-0.4, -0.2) is 34.0 Å². The molecule has 0 unspecified atom stereocenters. The molecule has 0 saturated heterocycles. The Kier molecular flexibility index (Phi) is 3.41. The fourth-order valence-corrected chi connectivity index (χ4v) is 3.40. The summed E-state index contributed by atoms with van der Waals surface area (Å²) >= 11 is 0. The van der Waals surface area contributed by atoms with Gasteiger partial charge in [-0.3, -0.25) is 14.7 Å². The Balaban J connectivity index is 2.25. The lowest BCUT2D eigenvalue weighted by Gasteiger charge is -2.40. The van der Waals surface area contributed by atoms with E-state index in [0.717, 1.165) is 5.56 Å². The average Bonchev–Trinajstić information content (AvgIpc) is 2.85. The van der Waals surface area contributed by atoms with E-state index >= 15 is 0 Å². The minimum Gasteiger partial charge on any atom is -0.469 e. The standard InChI is InChI=1S/C16H18N2O4/c1-16(21)8-10-12(14(19)18-17-10)11(13(16)15(20)22-2)9-6-4-3-5-7-9/h3-7,11,13,21H,8H2,1-2H3,(H2,17,18,19)/t11-,13+,16-/m1/s1. The summed E-state index contributed by atoms with van der Waals surface area (Å²) in [6.45, 7) is 1.60. The van der Waals surface area contributed by atoms with E-state index in [1.165, 1.54) is 7.11 Å². The van der Waals surface area contributed by atoms with Crippen LogP contribution in [0.4, 0.5) is 0 Å². The summed E-state index contributed by atoms with van der Waals surface area (Å²) in [6, 6.07) is 9.23. The molecule has 2 aromatic rings. The van der Waals surface area contributed by atoms with Crippen LogP contribution in [-0.2, 0) is 16.0 Å². The first-order chi connectivity index (χ1) is 10.5. The number of carbonyl (C=O) groups is 1. The predicted molar refractivity (Wildman–Crippen MR) is 79.5 cm³/mol. The second kappa shape index (κ2) is 5.14. The number of hydrogen-bond donors (Lipinski definition) is 3. The maximum Gasteiger partial charge on any atom is 0.312 e. The number of benzene rings is 1. The van der Waals surface area contributed by atoms with E-state index in [1.54, 1.807) is 6.92 Å². The quantitative estimate of drug-likeness (QED) is 0.719. The lowest BCUT2D eigenvalue weighted by Crippen LogP contribution is -2.49. The Morgan fingerprint density at radius 2 is 2.00 bits per heavy atom. The smallest absolute Gasteiger partial charge is 0.312 e. The van der Waals surface area contributed by atoms with Gasteiger partial charge in [-0.25, -0.2) is 0 Å². The van der Waals surface area contributed by atoms with Crippen molar-refractivity contribution in [3.8, 4) is 0 Å². The van der Waals surface area contributed by atoms with E-state index in [0.29, 0.717) is 11.3 Å². The van der Waals surface area contributed by atoms with Crippen LogP contribution in [0.15, 0.2) is 35.1 Å². The first-order valence-corrected chi connectivity index (χ1v) is 7.10. The Hall–Kier alpha value is -2.34. The average molecular weight is 302 g/mol. The second-order valence-electron chi connectivity index (χ2n) is 5.89. The molecule has 0 saturated carbocycles. The number of esters is 1. The number of aliphatic hydroxyl groups is 1. The van der Waals surface area contributed by atoms with Gasteiger partial charge in [0.1, 0.15) is 0 Å². The van der Waals surface area contributed by atoms with Crippen molar-refractivity contribution in [1.29, 1.82) is 0 Å². The van der Waals surface area contributed by atoms with Gasteiger partial charge in [-0.05, 0) is 12.5 Å². The molecule has 0 spiro atoms. The maximum absolute atomic E-state index is 12.3. The number of hydrogen-bond acceptors (Lipinski definition) is 4. The molecular formula is C16H18N2O4. The zero-order chi connectivity index (χ0) is 15.9. The van der Waals surface area contributed by atoms with Crippen LogP contribution < -0.4 is 5.56 Å². The van der Waals surface area contributed by atoms with Gasteiger partial charge in [-0.1, -0.05) is 30.3 Å². The number of methoxy groups -OCH3 is 1. The van der Waals surface area contributed by atoms with Gasteiger partial charge in [0.15, 0.2) is 0 Å². The van der Waals surface area contributed by atoms with Crippen molar-refractivity contribution in [2.75, 3.05) is 7.11 Å². The molecule has 1 heterocycles. The van der Waals surface area contributed by atoms with Crippen LogP contribution in [0.5, 0.6) is 0 Å². The zero-order valence-electron chi connectivity index (χ0n) is 12.4. The molecule has 1 aliphatic carbocycles. The molecule has 3 rings (SSSR count). The molecule has 116 valence electrons. The summed E-state index contributed by atoms with van der Waals surface area (Å²) in [5.41, 5.74) is 0.334. The third-order valence-electron chi connectivity index (χ3n) is 4.36. The first kappa shape index (κ1) is 14.6. The zero-order valence-corrected chi connectivity index (χ0v) is 12.4. The van der Waals surface area contributed by atoms with E-state index in [4.69, 9.17) is 4.74 Å². The molecule has 3 N–H and O–H groups in total. The summed E-state index contributed by atoms with van der Waals surface area (Å²) < 4.78 is 4.89. The van der Waals surface area contributed by atoms with Crippen molar-refractivity contribution in [2.45, 2.75) is 24.9 Å². The van der Waals surface area contributed by atoms with E-state index in [2.05, 4.69) is 10.2 Å². The largest absolute Gasteiger partial charge is 0.469 e. The number of aromatic amines is 2. The van der Waals surface area contributed by atoms with Crippen LogP contribution in [0, 0.1) is 5.92 Å². The molecule has 0 aliphatic heterocycles. The van der Waals surface area contributed by atoms with Gasteiger partial charge in [0, 0.05) is 23.6 Å². The van der Waals surface area contributed by atoms with E-state index < -0.39 is 23.4 Å². The van der Waals surface area contributed by atoms with Crippen molar-refractivity contribution in [3.63, 3.8) is 0 Å². The molecule has 6 heteroatoms. The molecule has 1 aliphatic rings. The lowest BCUT2D eigenvalue weighted by molar-refractivity contribution is -0.156. The normalized spacial score (nSPS) is 27.2. The summed E-state index contributed by atoms with van der Waals surface area (Å²) in [4.78, 5) is 24.5. The third-order valence-corrected chi connectivity index (χ3v) is 4.36. The third kappa shape index (κ3) is 2.16. The number of rotatable bonds is 2. The van der Waals surface area contributed by atoms with Crippen molar-refractivity contribution in [2.24, 2.45) is 5.92 Å². The van der Waals surface area contributed by atoms with Gasteiger partial charge >= 0.3 is 5.97 Å². The Labute approximate surface area is 127 Å². The molecule has 1 aromatic heterocycles. The van der Waals surface area contributed by atoms with Gasteiger partial charge in [-0.2, -0.15) is 0 Å². The number of nitrogens with one attached hydrogen (secondary N) is 2. The van der Waals surface area contributed by atoms with Crippen LogP contribution in [0.25, 0.3) is 0 Å². The molecule has 0 bridgehead atoms. The molecule has 0 radical (unpaired) electrons. The minimum absolute atomic E-state index is 0.185. The molecule has 1 aromatic carbocycles. The van der Waals surface area contributed by atoms with Gasteiger partial charge < -0.3 is 14.9 Å². The lowest BCUT2D eigenvalue weighted by atomic mass is 9.66. The van der Waals surface area contributed by atoms with Crippen molar-refractivity contribution < 1.29 is 14.6 Å². The highest BCUT2D eigenvalue weighted by Crippen LogP contribution is 2.44. The maximum atomic E-state index is 12.3. The number of ether oxygens (including phenoxy) is 1. The van der Waals surface area contributed by atoms with Crippen molar-refractivity contribution in [1.82, 2.24) is 10.2 Å². The molecular weight excluding hydrogens is 284 g/mol. The van der Waals surface area contributed by atoms with Crippen LogP contribution >= 0.6 is 0 Å². The SMILES string of the molecule is COC(=O)[C@@H]1[C@H](c2ccccc2)c2c([nH][nH]c2=O)C[C@@]1(C)O. The van der Waals surface area contributed by atoms with E-state index in [1.807, 2.05) is 30.3 Å². The topological polar surface area (TPSA) is 95.2 Å². The Morgan fingerprint density at radius 1 is 1.32 bits per heavy atom. The highest BCUT2D eigenvalue weighted by Gasteiger charge is 2.50. The number of fused-ring (bicyclic) bond motifs is 1. The molecule has 22 heavy (non-hydrogen) atoms. The predicted octanol–water partition coefficient (Wildman–Crippen LogP) is 0.931. The number of carbonyl (C=O) groups excluding carboxylic acids is 1. The van der Waals surface area contributed by atoms with Crippen LogP contribution in [0.1, 0.15) is 29.7 Å². The van der Waals surface area contributed by atoms with E-state index in [9.17, 15) is 14.7 Å². The molecule has 3 atom stereocenters. The van der Waals surface area contributed by atoms with Gasteiger partial charge in [-0.15, -0.1) is 0 Å². The number of aromatic nitrogens is 2. The highest BCUT2D eigenvalue weighted by molar-refractivity contribution is 5.77. The first-order valence-electron chi connectivity index (χ1n) is 7.10. The fraction of sp³-hybridized carbons (Fsp3) is 0.375. The molecule has 6 nitrogen and oxygen atoms in total. The Morgan fingerprint density at radius 3 is 2.64 bits per heavy atom. The summed E-state index contributed by atoms with van der Waals surface area (Å²) in [5, 5.41) is 16.1. The van der Waals surface area contributed by atoms with Gasteiger partial charge in [0.25, 0.3) is 5.56 Å². The van der Waals surface area contributed by atoms with Gasteiger partial charge in [0.05, 0.1) is 18.6 Å². The second-order valence-corrected chi connectivity index (χ2v) is 5.89. The molecule has 0 fully saturated rings. The van der Waals surface area contributed by atoms with Crippen molar-refractivity contribution >= 4 is 5.97 Å². The Bertz CT molecular complexity index is 745. The highest BCUT2D eigenvalue weighted by atomic mass is 16.5.